The van der Waals surface area contributed by atoms with E-state index in [4.69, 9.17) is 9.88 Å². The minimum absolute atomic E-state index is 0.0896. The largest absolute Gasteiger partial charge is 0.376 e. The van der Waals surface area contributed by atoms with Crippen LogP contribution >= 0.6 is 11.3 Å². The molecule has 1 aromatic heterocycles. The summed E-state index contributed by atoms with van der Waals surface area (Å²) in [5, 5.41) is 8.00. The van der Waals surface area contributed by atoms with Crippen LogP contribution in [-0.4, -0.2) is 33.6 Å². The van der Waals surface area contributed by atoms with E-state index in [0.29, 0.717) is 12.1 Å². The van der Waals surface area contributed by atoms with Gasteiger partial charge in [0.2, 0.25) is 10.0 Å². The maximum atomic E-state index is 12.3. The Morgan fingerprint density at radius 2 is 2.17 bits per heavy atom. The summed E-state index contributed by atoms with van der Waals surface area (Å²) in [6.07, 6.45) is 2.08. The normalized spacial score (nSPS) is 17.8. The van der Waals surface area contributed by atoms with E-state index < -0.39 is 10.0 Å². The molecular weight excluding hydrogens is 348 g/mol. The van der Waals surface area contributed by atoms with E-state index in [0.717, 1.165) is 41.2 Å². The molecule has 0 radical (unpaired) electrons. The fourth-order valence-electron chi connectivity index (χ4n) is 2.56. The second-order valence-electron chi connectivity index (χ2n) is 5.59. The summed E-state index contributed by atoms with van der Waals surface area (Å²) in [7, 11) is -3.71. The molecule has 1 amide bonds. The van der Waals surface area contributed by atoms with Crippen LogP contribution in [0.5, 0.6) is 0 Å². The zero-order valence-corrected chi connectivity index (χ0v) is 14.5. The summed E-state index contributed by atoms with van der Waals surface area (Å²) >= 11 is 1.08. The van der Waals surface area contributed by atoms with E-state index in [1.54, 1.807) is 24.3 Å². The van der Waals surface area contributed by atoms with E-state index >= 15 is 0 Å². The Hall–Kier alpha value is -1.74. The van der Waals surface area contributed by atoms with Crippen LogP contribution in [0.1, 0.15) is 23.2 Å². The lowest BCUT2D eigenvalue weighted by Crippen LogP contribution is -2.31. The first-order chi connectivity index (χ1) is 11.4. The van der Waals surface area contributed by atoms with Gasteiger partial charge in [-0.05, 0) is 42.7 Å². The third-order valence-electron chi connectivity index (χ3n) is 3.79. The lowest BCUT2D eigenvalue weighted by Gasteiger charge is -2.11. The molecule has 1 aromatic carbocycles. The molecule has 3 rings (SSSR count). The Kier molecular flexibility index (Phi) is 5.00. The number of hydrogen-bond acceptors (Lipinski definition) is 5. The molecule has 8 heteroatoms. The Balaban J connectivity index is 1.73. The van der Waals surface area contributed by atoms with Crippen LogP contribution in [0.25, 0.3) is 10.4 Å². The van der Waals surface area contributed by atoms with Crippen LogP contribution < -0.4 is 10.5 Å². The van der Waals surface area contributed by atoms with Crippen LogP contribution in [0.4, 0.5) is 0 Å². The Morgan fingerprint density at radius 1 is 1.33 bits per heavy atom. The van der Waals surface area contributed by atoms with Gasteiger partial charge in [0.05, 0.1) is 6.10 Å². The first kappa shape index (κ1) is 17.1. The first-order valence-electron chi connectivity index (χ1n) is 7.56. The van der Waals surface area contributed by atoms with Gasteiger partial charge in [-0.25, -0.2) is 13.6 Å². The number of benzene rings is 1. The van der Waals surface area contributed by atoms with Gasteiger partial charge in [0, 0.05) is 23.6 Å². The summed E-state index contributed by atoms with van der Waals surface area (Å²) in [6, 6.07) is 10.2. The third-order valence-corrected chi connectivity index (χ3v) is 6.36. The number of carbonyl (C=O) groups excluding carboxylic acids is 1. The zero-order valence-electron chi connectivity index (χ0n) is 12.9. The van der Waals surface area contributed by atoms with Crippen molar-refractivity contribution in [3.63, 3.8) is 0 Å². The van der Waals surface area contributed by atoms with Crippen molar-refractivity contribution in [3.05, 3.63) is 42.0 Å². The number of nitrogens with two attached hydrogens (primary N) is 1. The summed E-state index contributed by atoms with van der Waals surface area (Å²) in [6.45, 7) is 1.25. The van der Waals surface area contributed by atoms with Crippen molar-refractivity contribution in [2.24, 2.45) is 5.14 Å². The van der Waals surface area contributed by atoms with E-state index in [1.165, 1.54) is 6.07 Å². The number of amides is 1. The minimum Gasteiger partial charge on any atom is -0.376 e. The summed E-state index contributed by atoms with van der Waals surface area (Å²) in [5.74, 6) is -0.171. The number of primary sulfonamides is 1. The number of sulfonamides is 1. The van der Waals surface area contributed by atoms with Gasteiger partial charge in [-0.3, -0.25) is 4.79 Å². The van der Waals surface area contributed by atoms with Gasteiger partial charge in [-0.2, -0.15) is 0 Å². The molecule has 1 aliphatic rings. The van der Waals surface area contributed by atoms with Crippen LogP contribution in [0.3, 0.4) is 0 Å². The second kappa shape index (κ2) is 7.02. The monoisotopic (exact) mass is 366 g/mol. The zero-order chi connectivity index (χ0) is 17.2. The van der Waals surface area contributed by atoms with Gasteiger partial charge >= 0.3 is 0 Å². The van der Waals surface area contributed by atoms with Gasteiger partial charge < -0.3 is 10.1 Å². The molecule has 0 spiro atoms. The van der Waals surface area contributed by atoms with Crippen LogP contribution in [0.2, 0.25) is 0 Å². The molecule has 6 nitrogen and oxygen atoms in total. The van der Waals surface area contributed by atoms with Crippen LogP contribution in [0, 0.1) is 0 Å². The van der Waals surface area contributed by atoms with Gasteiger partial charge in [-0.1, -0.05) is 12.1 Å². The second-order valence-corrected chi connectivity index (χ2v) is 8.46. The molecule has 2 aromatic rings. The summed E-state index contributed by atoms with van der Waals surface area (Å²) in [4.78, 5) is 13.0. The quantitative estimate of drug-likeness (QED) is 0.845. The van der Waals surface area contributed by atoms with Crippen molar-refractivity contribution in [3.8, 4) is 10.4 Å². The van der Waals surface area contributed by atoms with Gasteiger partial charge in [0.25, 0.3) is 5.91 Å². The molecule has 3 N–H and O–H groups in total. The average Bonchev–Trinajstić information content (AvgIpc) is 3.23. The van der Waals surface area contributed by atoms with E-state index in [1.807, 2.05) is 6.07 Å². The molecule has 0 aliphatic carbocycles. The van der Waals surface area contributed by atoms with Gasteiger partial charge in [-0.15, -0.1) is 11.3 Å². The first-order valence-corrected chi connectivity index (χ1v) is 9.92. The van der Waals surface area contributed by atoms with Crippen molar-refractivity contribution < 1.29 is 17.9 Å². The maximum Gasteiger partial charge on any atom is 0.251 e. The molecule has 1 fully saturated rings. The van der Waals surface area contributed by atoms with Crippen LogP contribution in [0.15, 0.2) is 40.6 Å². The predicted octanol–water partition coefficient (Wildman–Crippen LogP) is 1.97. The molecule has 1 aliphatic heterocycles. The lowest BCUT2D eigenvalue weighted by atomic mass is 10.1. The lowest BCUT2D eigenvalue weighted by molar-refractivity contribution is 0.0858. The number of thiophene rings is 1. The highest BCUT2D eigenvalue weighted by Crippen LogP contribution is 2.30. The number of hydrogen-bond donors (Lipinski definition) is 2. The molecule has 0 saturated carbocycles. The maximum absolute atomic E-state index is 12.3. The van der Waals surface area contributed by atoms with Crippen molar-refractivity contribution in [2.75, 3.05) is 13.2 Å². The highest BCUT2D eigenvalue weighted by atomic mass is 32.2. The Labute approximate surface area is 144 Å². The molecule has 1 atom stereocenters. The highest BCUT2D eigenvalue weighted by Gasteiger charge is 2.17. The molecule has 24 heavy (non-hydrogen) atoms. The third kappa shape index (κ3) is 4.02. The van der Waals surface area contributed by atoms with Gasteiger partial charge in [0.1, 0.15) is 4.21 Å². The van der Waals surface area contributed by atoms with E-state index in [2.05, 4.69) is 5.32 Å². The van der Waals surface area contributed by atoms with Crippen molar-refractivity contribution >= 4 is 27.3 Å². The highest BCUT2D eigenvalue weighted by molar-refractivity contribution is 7.91. The molecule has 2 heterocycles. The fraction of sp³-hybridized carbons (Fsp3) is 0.312. The summed E-state index contributed by atoms with van der Waals surface area (Å²) < 4.78 is 28.3. The summed E-state index contributed by atoms with van der Waals surface area (Å²) in [5.41, 5.74) is 1.30. The SMILES string of the molecule is NS(=O)(=O)c1ccc(-c2cccc(C(=O)NC[C@@H]3CCCO3)c2)s1. The number of nitrogens with one attached hydrogen (secondary N) is 1. The number of ether oxygens (including phenoxy) is 1. The van der Waals surface area contributed by atoms with Gasteiger partial charge in [0.15, 0.2) is 0 Å². The van der Waals surface area contributed by atoms with E-state index in [9.17, 15) is 13.2 Å². The molecular formula is C16H18N2O4S2. The smallest absolute Gasteiger partial charge is 0.251 e. The molecule has 0 bridgehead atoms. The topological polar surface area (TPSA) is 98.5 Å². The molecule has 0 unspecified atom stereocenters. The molecule has 128 valence electrons. The number of carbonyl (C=O) groups is 1. The Morgan fingerprint density at radius 3 is 2.83 bits per heavy atom. The predicted molar refractivity (Wildman–Crippen MR) is 92.4 cm³/mol. The van der Waals surface area contributed by atoms with E-state index in [-0.39, 0.29) is 16.2 Å². The average molecular weight is 366 g/mol. The van der Waals surface area contributed by atoms with Crippen LogP contribution in [-0.2, 0) is 14.8 Å². The van der Waals surface area contributed by atoms with Crippen molar-refractivity contribution in [1.29, 1.82) is 0 Å². The van der Waals surface area contributed by atoms with Crippen molar-refractivity contribution in [2.45, 2.75) is 23.2 Å². The Bertz CT molecular complexity index is 839. The fourth-order valence-corrected chi connectivity index (χ4v) is 4.28. The molecule has 1 saturated heterocycles. The number of rotatable bonds is 5. The minimum atomic E-state index is -3.71. The standard InChI is InChI=1S/C16H18N2O4S2/c17-24(20,21)15-7-6-14(23-15)11-3-1-4-12(9-11)16(19)18-10-13-5-2-8-22-13/h1,3-4,6-7,9,13H,2,5,8,10H2,(H,18,19)(H2,17,20,21)/t13-/m0/s1. The van der Waals surface area contributed by atoms with Crippen molar-refractivity contribution in [1.82, 2.24) is 5.32 Å².